The van der Waals surface area contributed by atoms with Crippen LogP contribution < -0.4 is 35.5 Å². The average Bonchev–Trinajstić information content (AvgIpc) is 3.77. The number of nitrogens with two attached hydrogens (primary N) is 2. The van der Waals surface area contributed by atoms with Crippen LogP contribution in [0.4, 0.5) is 16.2 Å². The third-order valence-electron chi connectivity index (χ3n) is 9.36. The van der Waals surface area contributed by atoms with E-state index in [0.29, 0.717) is 61.8 Å². The van der Waals surface area contributed by atoms with Gasteiger partial charge in [0.1, 0.15) is 19.8 Å². The Labute approximate surface area is 338 Å². The summed E-state index contributed by atoms with van der Waals surface area (Å²) in [5.41, 5.74) is 8.40. The van der Waals surface area contributed by atoms with E-state index in [1.54, 1.807) is 11.0 Å². The number of amides is 3. The highest BCUT2D eigenvalue weighted by Crippen LogP contribution is 2.38. The topological polar surface area (TPSA) is 212 Å². The molecule has 58 heavy (non-hydrogen) atoms. The molecule has 0 aromatic heterocycles. The van der Waals surface area contributed by atoms with E-state index in [1.807, 2.05) is 0 Å². The van der Waals surface area contributed by atoms with Crippen LogP contribution in [-0.2, 0) is 23.8 Å². The van der Waals surface area contributed by atoms with Gasteiger partial charge in [-0.25, -0.2) is 15.6 Å². The number of hydrogen-bond donors (Lipinski definition) is 2. The van der Waals surface area contributed by atoms with E-state index in [1.165, 1.54) is 57.2 Å². The number of anilines is 2. The second kappa shape index (κ2) is 20.8. The second-order valence-corrected chi connectivity index (χ2v) is 13.8. The van der Waals surface area contributed by atoms with E-state index < -0.39 is 30.0 Å². The first-order valence-corrected chi connectivity index (χ1v) is 18.7. The van der Waals surface area contributed by atoms with E-state index >= 15 is 0 Å². The zero-order valence-corrected chi connectivity index (χ0v) is 33.5. The molecular weight excluding hydrogens is 754 g/mol. The molecule has 4 rings (SSSR count). The quantitative estimate of drug-likeness (QED) is 0.0291. The molecule has 2 aromatic rings. The Bertz CT molecular complexity index is 1900. The minimum Gasteiger partial charge on any atom is -0.493 e. The highest BCUT2D eigenvalue weighted by atomic mass is 16.6. The fraction of sp³-hybridized carbons (Fsp3) is 0.439. The summed E-state index contributed by atoms with van der Waals surface area (Å²) in [6.07, 6.45) is 3.28. The van der Waals surface area contributed by atoms with Crippen LogP contribution in [0.2, 0.25) is 0 Å². The number of nitrogens with zero attached hydrogens (tertiary/aromatic N) is 3. The summed E-state index contributed by atoms with van der Waals surface area (Å²) in [5, 5.41) is 0.710. The van der Waals surface area contributed by atoms with Crippen LogP contribution in [0.25, 0.3) is 0 Å². The van der Waals surface area contributed by atoms with Crippen molar-refractivity contribution in [1.29, 1.82) is 0 Å². The fourth-order valence-corrected chi connectivity index (χ4v) is 6.53. The van der Waals surface area contributed by atoms with Gasteiger partial charge in [0.05, 0.1) is 56.3 Å². The molecule has 0 spiro atoms. The summed E-state index contributed by atoms with van der Waals surface area (Å²) in [6.45, 7) is 15.1. The number of carbonyl (C=O) groups is 5. The van der Waals surface area contributed by atoms with Gasteiger partial charge < -0.3 is 48.7 Å². The number of nitrogen functional groups attached to an aromatic ring is 1. The summed E-state index contributed by atoms with van der Waals surface area (Å²) in [4.78, 5) is 66.4. The molecule has 2 heterocycles. The summed E-state index contributed by atoms with van der Waals surface area (Å²) < 4.78 is 38.7. The number of methoxy groups -OCH3 is 2. The maximum Gasteiger partial charge on any atom is 0.429 e. The van der Waals surface area contributed by atoms with Crippen molar-refractivity contribution in [2.45, 2.75) is 58.0 Å². The van der Waals surface area contributed by atoms with Gasteiger partial charge >= 0.3 is 18.0 Å². The largest absolute Gasteiger partial charge is 0.493 e. The second-order valence-electron chi connectivity index (χ2n) is 13.8. The molecule has 0 bridgehead atoms. The smallest absolute Gasteiger partial charge is 0.429 e. The number of esters is 2. The molecule has 4 N–H and O–H groups in total. The Hall–Kier alpha value is -6.23. The monoisotopic (exact) mass is 807 g/mol. The number of likely N-dealkylation sites (tertiary alicyclic amines) is 2. The molecule has 3 amide bonds. The Balaban J connectivity index is 1.39. The summed E-state index contributed by atoms with van der Waals surface area (Å²) >= 11 is 0. The van der Waals surface area contributed by atoms with Crippen molar-refractivity contribution < 1.29 is 57.1 Å². The van der Waals surface area contributed by atoms with Crippen molar-refractivity contribution in [1.82, 2.24) is 9.80 Å². The van der Waals surface area contributed by atoms with Gasteiger partial charge in [0.15, 0.2) is 23.0 Å². The highest BCUT2D eigenvalue weighted by Gasteiger charge is 2.36. The molecule has 0 radical (unpaired) electrons. The van der Waals surface area contributed by atoms with Crippen LogP contribution in [0.5, 0.6) is 23.0 Å². The third kappa shape index (κ3) is 11.4. The van der Waals surface area contributed by atoms with Crippen molar-refractivity contribution in [2.24, 2.45) is 5.84 Å². The van der Waals surface area contributed by atoms with Gasteiger partial charge in [0, 0.05) is 44.8 Å². The predicted octanol–water partition coefficient (Wildman–Crippen LogP) is 4.58. The maximum absolute atomic E-state index is 14.0. The van der Waals surface area contributed by atoms with E-state index in [-0.39, 0.29) is 78.9 Å². The van der Waals surface area contributed by atoms with Gasteiger partial charge in [-0.1, -0.05) is 37.0 Å². The van der Waals surface area contributed by atoms with E-state index in [0.717, 1.165) is 11.1 Å². The molecule has 2 aliphatic heterocycles. The van der Waals surface area contributed by atoms with Gasteiger partial charge in [-0.3, -0.25) is 19.2 Å². The highest BCUT2D eigenvalue weighted by molar-refractivity contribution is 6.04. The van der Waals surface area contributed by atoms with Crippen molar-refractivity contribution in [3.8, 4) is 23.0 Å². The third-order valence-corrected chi connectivity index (χ3v) is 9.36. The van der Waals surface area contributed by atoms with Crippen LogP contribution >= 0.6 is 0 Å². The van der Waals surface area contributed by atoms with Gasteiger partial charge in [0.25, 0.3) is 11.8 Å². The first-order chi connectivity index (χ1) is 27.7. The van der Waals surface area contributed by atoms with Crippen LogP contribution in [0, 0.1) is 0 Å². The van der Waals surface area contributed by atoms with Gasteiger partial charge in [-0.2, -0.15) is 0 Å². The summed E-state index contributed by atoms with van der Waals surface area (Å²) in [5.74, 6) is 5.61. The molecule has 17 nitrogen and oxygen atoms in total. The van der Waals surface area contributed by atoms with Crippen LogP contribution in [0.3, 0.4) is 0 Å². The first-order valence-electron chi connectivity index (χ1n) is 18.7. The van der Waals surface area contributed by atoms with Gasteiger partial charge in [0.2, 0.25) is 0 Å². The Morgan fingerprint density at radius 1 is 0.741 bits per heavy atom. The lowest BCUT2D eigenvalue weighted by Gasteiger charge is -2.27. The molecule has 0 saturated carbocycles. The van der Waals surface area contributed by atoms with E-state index in [9.17, 15) is 24.0 Å². The minimum atomic E-state index is -0.935. The Kier molecular flexibility index (Phi) is 15.9. The SMILES string of the molecule is C=CCOC(=O)N(N)c1cc(OCCCCCOc2cc(N)c(C(=O)N3CC(=C)C[C@H]3COC(C)=O)cc2OC)c(OC)cc1C(=O)N1CC(=C)C[C@H]1COC(C)=O. The van der Waals surface area contributed by atoms with Crippen LogP contribution in [-0.4, -0.2) is 112 Å². The van der Waals surface area contributed by atoms with Crippen molar-refractivity contribution in [3.05, 3.63) is 72.4 Å². The van der Waals surface area contributed by atoms with Crippen molar-refractivity contribution in [2.75, 3.05) is 71.1 Å². The van der Waals surface area contributed by atoms with Crippen molar-refractivity contribution >= 4 is 41.2 Å². The lowest BCUT2D eigenvalue weighted by atomic mass is 10.1. The number of benzene rings is 2. The molecule has 2 atom stereocenters. The molecule has 2 aromatic carbocycles. The van der Waals surface area contributed by atoms with Crippen LogP contribution in [0.1, 0.15) is 66.7 Å². The number of rotatable bonds is 19. The summed E-state index contributed by atoms with van der Waals surface area (Å²) in [7, 11) is 2.88. The lowest BCUT2D eigenvalue weighted by Crippen LogP contribution is -2.42. The lowest BCUT2D eigenvalue weighted by molar-refractivity contribution is -0.143. The van der Waals surface area contributed by atoms with E-state index in [4.69, 9.17) is 44.7 Å². The van der Waals surface area contributed by atoms with Gasteiger partial charge in [-0.15, -0.1) is 0 Å². The molecule has 2 aliphatic rings. The predicted molar refractivity (Wildman–Crippen MR) is 214 cm³/mol. The molecule has 17 heteroatoms. The summed E-state index contributed by atoms with van der Waals surface area (Å²) in [6, 6.07) is 5.13. The first kappa shape index (κ1) is 44.5. The molecule has 0 unspecified atom stereocenters. The Morgan fingerprint density at radius 3 is 1.71 bits per heavy atom. The Morgan fingerprint density at radius 2 is 1.22 bits per heavy atom. The normalized spacial score (nSPS) is 16.1. The standard InChI is InChI=1S/C41H53N5O12/c1-8-12-56-41(51)46(43)34-20-38(36(53-7)18-32(34)40(50)45-22-26(3)16-30(45)24-58-28(5)48)55-14-11-9-10-13-54-37-19-33(42)31(17-35(37)52-6)39(49)44-21-25(2)15-29(44)23-57-27(4)47/h8,17-20,29-30H,1-3,9-16,21-24,42-43H2,4-7H3/t29-,30-/m0/s1. The zero-order valence-electron chi connectivity index (χ0n) is 33.5. The maximum atomic E-state index is 14.0. The number of hydrazine groups is 1. The minimum absolute atomic E-state index is 0.000603. The number of hydrogen-bond acceptors (Lipinski definition) is 14. The fourth-order valence-electron chi connectivity index (χ4n) is 6.53. The number of carbonyl (C=O) groups excluding carboxylic acids is 5. The van der Waals surface area contributed by atoms with Crippen molar-refractivity contribution in [3.63, 3.8) is 0 Å². The number of ether oxygens (including phenoxy) is 7. The molecular formula is C41H53N5O12. The molecule has 2 saturated heterocycles. The van der Waals surface area contributed by atoms with E-state index in [2.05, 4.69) is 19.7 Å². The molecule has 2 fully saturated rings. The zero-order chi connectivity index (χ0) is 42.5. The molecule has 0 aliphatic carbocycles. The van der Waals surface area contributed by atoms with Crippen LogP contribution in [0.15, 0.2) is 61.2 Å². The number of unbranched alkanes of at least 4 members (excludes halogenated alkanes) is 2. The average molecular weight is 808 g/mol. The van der Waals surface area contributed by atoms with Gasteiger partial charge in [-0.05, 0) is 44.2 Å². The molecule has 314 valence electrons.